The summed E-state index contributed by atoms with van der Waals surface area (Å²) in [6.45, 7) is 0. The third-order valence-corrected chi connectivity index (χ3v) is 2.36. The van der Waals surface area contributed by atoms with Crippen molar-refractivity contribution in [3.63, 3.8) is 0 Å². The maximum Gasteiger partial charge on any atom is 0.257 e. The summed E-state index contributed by atoms with van der Waals surface area (Å²) >= 11 is 2.81. The lowest BCUT2D eigenvalue weighted by Crippen LogP contribution is -2.24. The van der Waals surface area contributed by atoms with Crippen LogP contribution < -0.4 is 0 Å². The quantitative estimate of drug-likeness (QED) is 0.572. The van der Waals surface area contributed by atoms with E-state index < -0.39 is 28.9 Å². The van der Waals surface area contributed by atoms with Crippen molar-refractivity contribution in [3.8, 4) is 0 Å². The molecule has 6 heteroatoms. The van der Waals surface area contributed by atoms with Crippen LogP contribution in [0.5, 0.6) is 0 Å². The highest BCUT2D eigenvalue weighted by molar-refractivity contribution is 9.10. The Morgan fingerprint density at radius 2 is 1.80 bits per heavy atom. The molecule has 0 atom stereocenters. The molecule has 1 amide bonds. The molecule has 0 unspecified atom stereocenters. The van der Waals surface area contributed by atoms with Gasteiger partial charge in [-0.05, 0) is 22.0 Å². The van der Waals surface area contributed by atoms with E-state index in [0.717, 1.165) is 11.0 Å². The first-order valence-corrected chi connectivity index (χ1v) is 4.70. The Hall–Kier alpha value is -1.04. The van der Waals surface area contributed by atoms with Crippen molar-refractivity contribution in [1.82, 2.24) is 4.90 Å². The van der Waals surface area contributed by atoms with E-state index in [1.807, 2.05) is 0 Å². The Labute approximate surface area is 92.8 Å². The van der Waals surface area contributed by atoms with Gasteiger partial charge in [0.2, 0.25) is 0 Å². The lowest BCUT2D eigenvalue weighted by molar-refractivity contribution is 0.0820. The Morgan fingerprint density at radius 3 is 2.27 bits per heavy atom. The SMILES string of the molecule is CN(C)C(=O)c1c(Br)cc(F)c(F)c1F. The Bertz CT molecular complexity index is 420. The van der Waals surface area contributed by atoms with E-state index in [4.69, 9.17) is 0 Å². The molecule has 0 fully saturated rings. The van der Waals surface area contributed by atoms with Crippen LogP contribution in [0.25, 0.3) is 0 Å². The zero-order valence-corrected chi connectivity index (χ0v) is 9.53. The van der Waals surface area contributed by atoms with Crippen LogP contribution in [0.4, 0.5) is 13.2 Å². The van der Waals surface area contributed by atoms with Crippen molar-refractivity contribution in [2.24, 2.45) is 0 Å². The number of amides is 1. The number of hydrogen-bond acceptors (Lipinski definition) is 1. The lowest BCUT2D eigenvalue weighted by atomic mass is 10.2. The predicted octanol–water partition coefficient (Wildman–Crippen LogP) is 2.57. The number of halogens is 4. The van der Waals surface area contributed by atoms with Crippen LogP contribution in [-0.2, 0) is 0 Å². The Morgan fingerprint density at radius 1 is 1.27 bits per heavy atom. The lowest BCUT2D eigenvalue weighted by Gasteiger charge is -2.12. The van der Waals surface area contributed by atoms with Crippen LogP contribution in [0.2, 0.25) is 0 Å². The molecule has 0 aromatic heterocycles. The van der Waals surface area contributed by atoms with Gasteiger partial charge in [-0.25, -0.2) is 13.2 Å². The van der Waals surface area contributed by atoms with Gasteiger partial charge in [-0.1, -0.05) is 0 Å². The highest BCUT2D eigenvalue weighted by Crippen LogP contribution is 2.25. The highest BCUT2D eigenvalue weighted by atomic mass is 79.9. The molecule has 2 nitrogen and oxygen atoms in total. The van der Waals surface area contributed by atoms with Crippen molar-refractivity contribution in [2.45, 2.75) is 0 Å². The summed E-state index contributed by atoms with van der Waals surface area (Å²) in [5, 5.41) is 0. The average Bonchev–Trinajstić information content (AvgIpc) is 2.14. The molecule has 1 rings (SSSR count). The third kappa shape index (κ3) is 2.14. The van der Waals surface area contributed by atoms with E-state index in [2.05, 4.69) is 15.9 Å². The smallest absolute Gasteiger partial charge is 0.257 e. The Kier molecular flexibility index (Phi) is 3.38. The van der Waals surface area contributed by atoms with E-state index in [1.165, 1.54) is 14.1 Å². The van der Waals surface area contributed by atoms with E-state index in [9.17, 15) is 18.0 Å². The van der Waals surface area contributed by atoms with Crippen molar-refractivity contribution in [2.75, 3.05) is 14.1 Å². The molecule has 0 aliphatic heterocycles. The number of carbonyl (C=O) groups excluding carboxylic acids is 1. The minimum absolute atomic E-state index is 0.113. The molecule has 0 heterocycles. The number of benzene rings is 1. The largest absolute Gasteiger partial charge is 0.345 e. The van der Waals surface area contributed by atoms with Gasteiger partial charge < -0.3 is 4.90 Å². The second-order valence-electron chi connectivity index (χ2n) is 3.04. The molecule has 0 aliphatic rings. The van der Waals surface area contributed by atoms with E-state index in [-0.39, 0.29) is 4.47 Å². The molecule has 0 saturated carbocycles. The summed E-state index contributed by atoms with van der Waals surface area (Å²) in [7, 11) is 2.77. The normalized spacial score (nSPS) is 10.3. The van der Waals surface area contributed by atoms with Crippen molar-refractivity contribution in [3.05, 3.63) is 33.6 Å². The molecular weight excluding hydrogens is 275 g/mol. The van der Waals surface area contributed by atoms with Crippen molar-refractivity contribution >= 4 is 21.8 Å². The predicted molar refractivity (Wildman–Crippen MR) is 52.0 cm³/mol. The highest BCUT2D eigenvalue weighted by Gasteiger charge is 2.23. The van der Waals surface area contributed by atoms with E-state index >= 15 is 0 Å². The minimum atomic E-state index is -1.65. The summed E-state index contributed by atoms with van der Waals surface area (Å²) in [4.78, 5) is 12.5. The van der Waals surface area contributed by atoms with Crippen LogP contribution in [0, 0.1) is 17.5 Å². The first-order chi connectivity index (χ1) is 6.86. The molecule has 0 aliphatic carbocycles. The van der Waals surface area contributed by atoms with Gasteiger partial charge in [0.15, 0.2) is 17.5 Å². The number of nitrogens with zero attached hydrogens (tertiary/aromatic N) is 1. The molecule has 1 aromatic carbocycles. The topological polar surface area (TPSA) is 20.3 Å². The fraction of sp³-hybridized carbons (Fsp3) is 0.222. The number of rotatable bonds is 1. The first-order valence-electron chi connectivity index (χ1n) is 3.91. The summed E-state index contributed by atoms with van der Waals surface area (Å²) in [6, 6.07) is 0.717. The Balaban J connectivity index is 3.43. The van der Waals surface area contributed by atoms with E-state index in [0.29, 0.717) is 0 Å². The van der Waals surface area contributed by atoms with Crippen LogP contribution in [-0.4, -0.2) is 24.9 Å². The monoisotopic (exact) mass is 281 g/mol. The van der Waals surface area contributed by atoms with Crippen LogP contribution in [0.1, 0.15) is 10.4 Å². The summed E-state index contributed by atoms with van der Waals surface area (Å²) < 4.78 is 38.7. The summed E-state index contributed by atoms with van der Waals surface area (Å²) in [6.07, 6.45) is 0. The number of carbonyl (C=O) groups is 1. The van der Waals surface area contributed by atoms with Gasteiger partial charge >= 0.3 is 0 Å². The maximum atomic E-state index is 13.2. The zero-order chi connectivity index (χ0) is 11.7. The third-order valence-electron chi connectivity index (χ3n) is 1.73. The molecule has 0 N–H and O–H groups in total. The maximum absolute atomic E-state index is 13.2. The van der Waals surface area contributed by atoms with Crippen LogP contribution >= 0.6 is 15.9 Å². The fourth-order valence-electron chi connectivity index (χ4n) is 0.986. The van der Waals surface area contributed by atoms with Gasteiger partial charge in [0.1, 0.15) is 0 Å². The second-order valence-corrected chi connectivity index (χ2v) is 3.90. The van der Waals surface area contributed by atoms with Gasteiger partial charge in [0.05, 0.1) is 5.56 Å². The van der Waals surface area contributed by atoms with E-state index in [1.54, 1.807) is 0 Å². The molecule has 0 spiro atoms. The zero-order valence-electron chi connectivity index (χ0n) is 7.94. The molecule has 0 radical (unpaired) electrons. The minimum Gasteiger partial charge on any atom is -0.345 e. The van der Waals surface area contributed by atoms with Gasteiger partial charge in [-0.2, -0.15) is 0 Å². The van der Waals surface area contributed by atoms with Crippen molar-refractivity contribution < 1.29 is 18.0 Å². The van der Waals surface area contributed by atoms with Gasteiger partial charge in [0, 0.05) is 18.6 Å². The molecule has 82 valence electrons. The van der Waals surface area contributed by atoms with Gasteiger partial charge in [-0.3, -0.25) is 4.79 Å². The average molecular weight is 282 g/mol. The van der Waals surface area contributed by atoms with Crippen molar-refractivity contribution in [1.29, 1.82) is 0 Å². The summed E-state index contributed by atoms with van der Waals surface area (Å²) in [5.74, 6) is -5.21. The molecule has 0 bridgehead atoms. The number of hydrogen-bond donors (Lipinski definition) is 0. The van der Waals surface area contributed by atoms with Crippen LogP contribution in [0.15, 0.2) is 10.5 Å². The second kappa shape index (κ2) is 4.22. The molecule has 15 heavy (non-hydrogen) atoms. The molecule has 0 saturated heterocycles. The summed E-state index contributed by atoms with van der Waals surface area (Å²) in [5.41, 5.74) is -0.515. The van der Waals surface area contributed by atoms with Gasteiger partial charge in [0.25, 0.3) is 5.91 Å². The molecule has 1 aromatic rings. The first kappa shape index (κ1) is 12.0. The van der Waals surface area contributed by atoms with Gasteiger partial charge in [-0.15, -0.1) is 0 Å². The standard InChI is InChI=1S/C9H7BrF3NO/c1-14(2)9(15)6-4(10)3-5(11)7(12)8(6)13/h3H,1-2H3. The fourth-order valence-corrected chi connectivity index (χ4v) is 1.53. The molecular formula is C9H7BrF3NO. The van der Waals surface area contributed by atoms with Crippen LogP contribution in [0.3, 0.4) is 0 Å².